The lowest BCUT2D eigenvalue weighted by Gasteiger charge is -2.19. The van der Waals surface area contributed by atoms with Crippen molar-refractivity contribution in [3.05, 3.63) is 85.5 Å². The highest BCUT2D eigenvalue weighted by Crippen LogP contribution is 2.12. The van der Waals surface area contributed by atoms with Crippen molar-refractivity contribution in [2.45, 2.75) is 57.7 Å². The average molecular weight is 626 g/mol. The van der Waals surface area contributed by atoms with Gasteiger partial charge >= 0.3 is 24.0 Å². The van der Waals surface area contributed by atoms with Crippen LogP contribution in [0.5, 0.6) is 11.5 Å². The molecular weight excluding hydrogens is 582 g/mol. The van der Waals surface area contributed by atoms with E-state index in [1.54, 1.807) is 24.3 Å². The summed E-state index contributed by atoms with van der Waals surface area (Å²) in [5.41, 5.74) is 0.250. The van der Waals surface area contributed by atoms with Crippen molar-refractivity contribution in [3.63, 3.8) is 0 Å². The first-order chi connectivity index (χ1) is 21.8. The van der Waals surface area contributed by atoms with Gasteiger partial charge in [-0.05, 0) is 44.0 Å². The molecule has 0 aromatic heterocycles. The number of esters is 3. The van der Waals surface area contributed by atoms with Gasteiger partial charge in [-0.3, -0.25) is 4.79 Å². The third kappa shape index (κ3) is 17.2. The van der Waals surface area contributed by atoms with Gasteiger partial charge in [0.15, 0.2) is 12.2 Å². The highest BCUT2D eigenvalue weighted by Gasteiger charge is 2.19. The van der Waals surface area contributed by atoms with Gasteiger partial charge in [-0.1, -0.05) is 68.8 Å². The van der Waals surface area contributed by atoms with Crippen molar-refractivity contribution in [2.75, 3.05) is 33.0 Å². The maximum Gasteiger partial charge on any atom is 0.407 e. The molecule has 45 heavy (non-hydrogen) atoms. The van der Waals surface area contributed by atoms with Crippen LogP contribution in [0.4, 0.5) is 4.79 Å². The molecule has 2 rings (SSSR count). The lowest BCUT2D eigenvalue weighted by Crippen LogP contribution is -2.35. The Bertz CT molecular complexity index is 1200. The first-order valence-corrected chi connectivity index (χ1v) is 14.9. The fourth-order valence-electron chi connectivity index (χ4n) is 3.72. The molecule has 2 atom stereocenters. The van der Waals surface area contributed by atoms with Crippen LogP contribution in [0, 0.1) is 0 Å². The molecule has 2 aromatic rings. The van der Waals surface area contributed by atoms with E-state index in [-0.39, 0.29) is 38.4 Å². The van der Waals surface area contributed by atoms with Gasteiger partial charge in [-0.15, -0.1) is 0 Å². The van der Waals surface area contributed by atoms with Gasteiger partial charge in [0.05, 0.1) is 0 Å². The maximum absolute atomic E-state index is 12.4. The van der Waals surface area contributed by atoms with Gasteiger partial charge in [0.2, 0.25) is 0 Å². The number of ether oxygens (including phenoxy) is 6. The summed E-state index contributed by atoms with van der Waals surface area (Å²) in [4.78, 5) is 47.9. The van der Waals surface area contributed by atoms with E-state index in [1.165, 1.54) is 6.92 Å². The van der Waals surface area contributed by atoms with E-state index in [2.05, 4.69) is 18.5 Å². The van der Waals surface area contributed by atoms with E-state index in [9.17, 15) is 19.2 Å². The van der Waals surface area contributed by atoms with Gasteiger partial charge in [0, 0.05) is 24.6 Å². The van der Waals surface area contributed by atoms with Crippen LogP contribution in [0.15, 0.2) is 85.5 Å². The smallest absolute Gasteiger partial charge is 0.407 e. The minimum Gasteiger partial charge on any atom is -0.490 e. The van der Waals surface area contributed by atoms with Crippen molar-refractivity contribution < 1.29 is 47.6 Å². The fraction of sp³-hybridized carbons (Fsp3) is 0.412. The van der Waals surface area contributed by atoms with Gasteiger partial charge < -0.3 is 33.7 Å². The number of carbonyl (C=O) groups is 4. The van der Waals surface area contributed by atoms with Crippen LogP contribution in [0.1, 0.15) is 45.4 Å². The number of hydrogen-bond donors (Lipinski definition) is 1. The Morgan fingerprint density at radius 3 is 1.84 bits per heavy atom. The third-order valence-electron chi connectivity index (χ3n) is 6.08. The predicted molar refractivity (Wildman–Crippen MR) is 167 cm³/mol. The third-order valence-corrected chi connectivity index (χ3v) is 6.08. The van der Waals surface area contributed by atoms with Crippen LogP contribution < -0.4 is 14.8 Å². The molecule has 1 amide bonds. The number of rotatable bonds is 22. The van der Waals surface area contributed by atoms with Gasteiger partial charge in [0.25, 0.3) is 0 Å². The van der Waals surface area contributed by atoms with Crippen molar-refractivity contribution in [3.8, 4) is 11.5 Å². The number of benzene rings is 2. The van der Waals surface area contributed by atoms with Crippen LogP contribution in [-0.2, 0) is 33.3 Å². The molecule has 0 radical (unpaired) electrons. The maximum atomic E-state index is 12.4. The molecule has 244 valence electrons. The first kappa shape index (κ1) is 36.4. The van der Waals surface area contributed by atoms with E-state index in [0.717, 1.165) is 25.3 Å². The molecule has 11 heteroatoms. The Kier molecular flexibility index (Phi) is 17.6. The zero-order valence-corrected chi connectivity index (χ0v) is 25.8. The summed E-state index contributed by atoms with van der Waals surface area (Å²) in [5.74, 6) is -0.395. The van der Waals surface area contributed by atoms with Crippen LogP contribution >= 0.6 is 0 Å². The highest BCUT2D eigenvalue weighted by molar-refractivity contribution is 5.87. The van der Waals surface area contributed by atoms with Crippen molar-refractivity contribution in [1.82, 2.24) is 5.32 Å². The second-order valence-electron chi connectivity index (χ2n) is 10.0. The van der Waals surface area contributed by atoms with Gasteiger partial charge in [-0.25, -0.2) is 14.4 Å². The molecule has 2 unspecified atom stereocenters. The van der Waals surface area contributed by atoms with Crippen LogP contribution in [0.2, 0.25) is 0 Å². The molecule has 0 bridgehead atoms. The second kappa shape index (κ2) is 21.8. The molecule has 0 saturated heterocycles. The number of carbonyl (C=O) groups excluding carboxylic acids is 4. The van der Waals surface area contributed by atoms with Crippen molar-refractivity contribution >= 4 is 24.0 Å². The number of alkyl carbamates (subject to hydrolysis) is 1. The van der Waals surface area contributed by atoms with Gasteiger partial charge in [-0.2, -0.15) is 0 Å². The molecule has 0 aliphatic heterocycles. The van der Waals surface area contributed by atoms with E-state index in [0.29, 0.717) is 30.9 Å². The van der Waals surface area contributed by atoms with Crippen LogP contribution in [0.3, 0.4) is 0 Å². The largest absolute Gasteiger partial charge is 0.490 e. The van der Waals surface area contributed by atoms with Crippen LogP contribution in [-0.4, -0.2) is 69.2 Å². The molecule has 11 nitrogen and oxygen atoms in total. The Morgan fingerprint density at radius 2 is 1.27 bits per heavy atom. The summed E-state index contributed by atoms with van der Waals surface area (Å²) in [6.07, 6.45) is 2.84. The summed E-state index contributed by atoms with van der Waals surface area (Å²) < 4.78 is 32.4. The van der Waals surface area contributed by atoms with Crippen LogP contribution in [0.25, 0.3) is 0 Å². The average Bonchev–Trinajstić information content (AvgIpc) is 3.05. The van der Waals surface area contributed by atoms with Gasteiger partial charge in [0.1, 0.15) is 37.9 Å². The lowest BCUT2D eigenvalue weighted by molar-refractivity contribution is -0.159. The zero-order valence-electron chi connectivity index (χ0n) is 25.8. The summed E-state index contributed by atoms with van der Waals surface area (Å²) in [6.45, 7) is 8.57. The molecule has 0 aliphatic carbocycles. The molecule has 0 saturated carbocycles. The van der Waals surface area contributed by atoms with E-state index < -0.39 is 36.2 Å². The number of para-hydroxylation sites is 2. The van der Waals surface area contributed by atoms with E-state index in [1.807, 2.05) is 36.4 Å². The molecule has 0 spiro atoms. The Balaban J connectivity index is 1.63. The first-order valence-electron chi connectivity index (χ1n) is 14.9. The fourth-order valence-corrected chi connectivity index (χ4v) is 3.72. The SMILES string of the molecule is C=CC(=O)OCC(COc1ccccc1)OC(=O)NCCCCCCCC(=O)OC(COC(=O)C(=C)C)COc1ccccc1. The standard InChI is InChI=1S/C34H43NO10/c1-4-31(36)42-24-30(23-41-28-18-12-9-13-19-28)45-34(39)35-21-15-7-5-6-14-20-32(37)44-29(25-43-33(38)26(2)3)22-40-27-16-10-8-11-17-27/h4,8-13,16-19,29-30H,1-2,5-7,14-15,20-25H2,3H3,(H,35,39). The number of amides is 1. The molecule has 0 fully saturated rings. The molecule has 0 aliphatic rings. The number of nitrogens with one attached hydrogen (secondary N) is 1. The van der Waals surface area contributed by atoms with E-state index in [4.69, 9.17) is 28.4 Å². The zero-order chi connectivity index (χ0) is 32.7. The quantitative estimate of drug-likeness (QED) is 0.0790. The topological polar surface area (TPSA) is 136 Å². The summed E-state index contributed by atoms with van der Waals surface area (Å²) in [6, 6.07) is 18.1. The number of unbranched alkanes of at least 4 members (excludes halogenated alkanes) is 4. The molecule has 2 aromatic carbocycles. The highest BCUT2D eigenvalue weighted by atomic mass is 16.6. The molecule has 1 N–H and O–H groups in total. The minimum absolute atomic E-state index is 0.00469. The van der Waals surface area contributed by atoms with Crippen molar-refractivity contribution in [1.29, 1.82) is 0 Å². The summed E-state index contributed by atoms with van der Waals surface area (Å²) in [5, 5.41) is 2.69. The minimum atomic E-state index is -0.809. The normalized spacial score (nSPS) is 11.7. The monoisotopic (exact) mass is 625 g/mol. The Labute approximate surface area is 264 Å². The second-order valence-corrected chi connectivity index (χ2v) is 10.0. The molecule has 0 heterocycles. The summed E-state index contributed by atoms with van der Waals surface area (Å²) >= 11 is 0. The Hall–Kier alpha value is -4.80. The van der Waals surface area contributed by atoms with Crippen molar-refractivity contribution in [2.24, 2.45) is 0 Å². The lowest BCUT2D eigenvalue weighted by atomic mass is 10.1. The number of hydrogen-bond acceptors (Lipinski definition) is 10. The summed E-state index contributed by atoms with van der Waals surface area (Å²) in [7, 11) is 0. The molecular formula is C34H43NO10. The predicted octanol–water partition coefficient (Wildman–Crippen LogP) is 5.34. The Morgan fingerprint density at radius 1 is 0.733 bits per heavy atom. The van der Waals surface area contributed by atoms with E-state index >= 15 is 0 Å².